The van der Waals surface area contributed by atoms with Crippen molar-refractivity contribution in [3.63, 3.8) is 0 Å². The molecular formula is C54H41NS. The maximum Gasteiger partial charge on any atom is 0.0465 e. The normalized spacial score (nSPS) is 14.4. The lowest BCUT2D eigenvalue weighted by Gasteiger charge is -2.29. The zero-order valence-corrected chi connectivity index (χ0v) is 32.9. The molecule has 1 heterocycles. The molecule has 9 aromatic rings. The first-order valence-corrected chi connectivity index (χ1v) is 20.5. The second-order valence-electron chi connectivity index (χ2n) is 16.5. The van der Waals surface area contributed by atoms with Crippen LogP contribution in [-0.4, -0.2) is 0 Å². The van der Waals surface area contributed by atoms with Gasteiger partial charge in [-0.1, -0.05) is 155 Å². The SMILES string of the molecule is CC1(C)c2ccccc2-c2ccc(N(c3ccc(-c4ccc5c(c4)sc4ccccc45)cc3)c3ccc(-c4cccc5c4C(C)(C)c4ccccc4-5)cc3)cc21. The summed E-state index contributed by atoms with van der Waals surface area (Å²) in [4.78, 5) is 2.43. The van der Waals surface area contributed by atoms with Gasteiger partial charge in [0.25, 0.3) is 0 Å². The van der Waals surface area contributed by atoms with Crippen LogP contribution in [0.4, 0.5) is 17.1 Å². The van der Waals surface area contributed by atoms with Gasteiger partial charge in [-0.15, -0.1) is 11.3 Å². The van der Waals surface area contributed by atoms with Crippen molar-refractivity contribution in [3.8, 4) is 44.5 Å². The van der Waals surface area contributed by atoms with E-state index in [9.17, 15) is 0 Å². The van der Waals surface area contributed by atoms with Crippen LogP contribution < -0.4 is 4.90 Å². The molecule has 2 heteroatoms. The fourth-order valence-electron chi connectivity index (χ4n) is 9.87. The molecule has 0 saturated carbocycles. The molecule has 268 valence electrons. The largest absolute Gasteiger partial charge is 0.310 e. The Morgan fingerprint density at radius 1 is 0.357 bits per heavy atom. The number of rotatable bonds is 5. The molecule has 2 aliphatic rings. The Morgan fingerprint density at radius 2 is 0.893 bits per heavy atom. The summed E-state index contributed by atoms with van der Waals surface area (Å²) in [5.41, 5.74) is 19.2. The average Bonchev–Trinajstić information content (AvgIpc) is 3.81. The highest BCUT2D eigenvalue weighted by Gasteiger charge is 2.38. The van der Waals surface area contributed by atoms with Gasteiger partial charge in [-0.3, -0.25) is 0 Å². The number of hydrogen-bond donors (Lipinski definition) is 0. The van der Waals surface area contributed by atoms with Gasteiger partial charge in [0.05, 0.1) is 0 Å². The molecule has 0 spiro atoms. The topological polar surface area (TPSA) is 3.24 Å². The van der Waals surface area contributed by atoms with E-state index in [1.807, 2.05) is 11.3 Å². The van der Waals surface area contributed by atoms with Crippen molar-refractivity contribution >= 4 is 48.6 Å². The van der Waals surface area contributed by atoms with E-state index < -0.39 is 0 Å². The summed E-state index contributed by atoms with van der Waals surface area (Å²) < 4.78 is 2.66. The van der Waals surface area contributed by atoms with Crippen molar-refractivity contribution in [2.75, 3.05) is 4.90 Å². The van der Waals surface area contributed by atoms with Crippen LogP contribution in [0.5, 0.6) is 0 Å². The Labute approximate surface area is 333 Å². The van der Waals surface area contributed by atoms with E-state index in [0.29, 0.717) is 0 Å². The Balaban J connectivity index is 1.01. The minimum absolute atomic E-state index is 0.0781. The van der Waals surface area contributed by atoms with E-state index >= 15 is 0 Å². The third kappa shape index (κ3) is 4.85. The first kappa shape index (κ1) is 33.1. The molecule has 1 nitrogen and oxygen atoms in total. The van der Waals surface area contributed by atoms with Crippen molar-refractivity contribution < 1.29 is 0 Å². The molecular weight excluding hydrogens is 695 g/mol. The molecule has 0 N–H and O–H groups in total. The van der Waals surface area contributed by atoms with Gasteiger partial charge in [-0.25, -0.2) is 0 Å². The Bertz CT molecular complexity index is 3010. The molecule has 11 rings (SSSR count). The van der Waals surface area contributed by atoms with E-state index in [-0.39, 0.29) is 10.8 Å². The fraction of sp³-hybridized carbons (Fsp3) is 0.111. The first-order valence-electron chi connectivity index (χ1n) is 19.7. The fourth-order valence-corrected chi connectivity index (χ4v) is 11.0. The Morgan fingerprint density at radius 3 is 1.64 bits per heavy atom. The van der Waals surface area contributed by atoms with E-state index in [2.05, 4.69) is 209 Å². The third-order valence-corrected chi connectivity index (χ3v) is 13.8. The zero-order chi connectivity index (χ0) is 37.8. The van der Waals surface area contributed by atoms with Crippen LogP contribution in [0.15, 0.2) is 176 Å². The smallest absolute Gasteiger partial charge is 0.0465 e. The highest BCUT2D eigenvalue weighted by atomic mass is 32.1. The maximum atomic E-state index is 2.43. The van der Waals surface area contributed by atoms with Crippen LogP contribution in [-0.2, 0) is 10.8 Å². The van der Waals surface area contributed by atoms with Gasteiger partial charge < -0.3 is 4.90 Å². The second-order valence-corrected chi connectivity index (χ2v) is 17.6. The van der Waals surface area contributed by atoms with E-state index in [4.69, 9.17) is 0 Å². The molecule has 8 aromatic carbocycles. The highest BCUT2D eigenvalue weighted by molar-refractivity contribution is 7.25. The van der Waals surface area contributed by atoms with Gasteiger partial charge in [0.15, 0.2) is 0 Å². The lowest BCUT2D eigenvalue weighted by molar-refractivity contribution is 0.660. The van der Waals surface area contributed by atoms with Gasteiger partial charge in [0, 0.05) is 48.1 Å². The molecule has 0 saturated heterocycles. The molecule has 0 amide bonds. The molecule has 0 atom stereocenters. The summed E-state index contributed by atoms with van der Waals surface area (Å²) in [6, 6.07) is 65.7. The molecule has 0 bridgehead atoms. The molecule has 0 unspecified atom stereocenters. The molecule has 0 radical (unpaired) electrons. The predicted molar refractivity (Wildman–Crippen MR) is 240 cm³/mol. The number of anilines is 3. The summed E-state index contributed by atoms with van der Waals surface area (Å²) in [5.74, 6) is 0. The predicted octanol–water partition coefficient (Wildman–Crippen LogP) is 15.5. The van der Waals surface area contributed by atoms with Crippen molar-refractivity contribution in [1.82, 2.24) is 0 Å². The van der Waals surface area contributed by atoms with Gasteiger partial charge >= 0.3 is 0 Å². The second kappa shape index (κ2) is 12.1. The highest BCUT2D eigenvalue weighted by Crippen LogP contribution is 2.53. The average molecular weight is 736 g/mol. The van der Waals surface area contributed by atoms with Crippen molar-refractivity contribution in [3.05, 3.63) is 198 Å². The Kier molecular flexibility index (Phi) is 7.18. The number of benzene rings is 8. The lowest BCUT2D eigenvalue weighted by atomic mass is 9.79. The molecule has 0 fully saturated rings. The quantitative estimate of drug-likeness (QED) is 0.170. The Hall–Kier alpha value is -6.22. The molecule has 56 heavy (non-hydrogen) atoms. The van der Waals surface area contributed by atoms with Crippen molar-refractivity contribution in [1.29, 1.82) is 0 Å². The minimum Gasteiger partial charge on any atom is -0.310 e. The van der Waals surface area contributed by atoms with Crippen LogP contribution in [0, 0.1) is 0 Å². The van der Waals surface area contributed by atoms with Crippen LogP contribution in [0.25, 0.3) is 64.7 Å². The lowest BCUT2D eigenvalue weighted by Crippen LogP contribution is -2.16. The summed E-state index contributed by atoms with van der Waals surface area (Å²) in [6.07, 6.45) is 0. The van der Waals surface area contributed by atoms with Gasteiger partial charge in [0.2, 0.25) is 0 Å². The summed E-state index contributed by atoms with van der Waals surface area (Å²) in [6.45, 7) is 9.46. The standard InChI is InChI=1S/C54H41NS/c1-53(2)47-17-8-5-12-41(47)43-31-29-39(33-49(43)53)55(37-25-20-34(21-26-37)36-24-30-45-44-14-7-10-19-50(44)56-51(45)32-36)38-27-22-35(23-28-38)40-15-11-16-46-42-13-6-9-18-48(42)54(3,4)52(40)46/h5-33H,1-4H3. The monoisotopic (exact) mass is 735 g/mol. The van der Waals surface area contributed by atoms with E-state index in [1.165, 1.54) is 86.9 Å². The summed E-state index contributed by atoms with van der Waals surface area (Å²) >= 11 is 1.87. The van der Waals surface area contributed by atoms with Crippen LogP contribution in [0.1, 0.15) is 49.9 Å². The van der Waals surface area contributed by atoms with Crippen LogP contribution >= 0.6 is 11.3 Å². The van der Waals surface area contributed by atoms with Gasteiger partial charge in [-0.05, 0) is 115 Å². The van der Waals surface area contributed by atoms with Gasteiger partial charge in [-0.2, -0.15) is 0 Å². The zero-order valence-electron chi connectivity index (χ0n) is 32.1. The third-order valence-electron chi connectivity index (χ3n) is 12.7. The van der Waals surface area contributed by atoms with Crippen molar-refractivity contribution in [2.45, 2.75) is 38.5 Å². The molecule has 1 aromatic heterocycles. The number of thiophene rings is 1. The molecule has 2 aliphatic carbocycles. The summed E-state index contributed by atoms with van der Waals surface area (Å²) in [5, 5.41) is 2.66. The number of hydrogen-bond acceptors (Lipinski definition) is 2. The minimum atomic E-state index is -0.0926. The van der Waals surface area contributed by atoms with E-state index in [0.717, 1.165) is 17.1 Å². The number of fused-ring (bicyclic) bond motifs is 9. The van der Waals surface area contributed by atoms with Gasteiger partial charge in [0.1, 0.15) is 0 Å². The summed E-state index contributed by atoms with van der Waals surface area (Å²) in [7, 11) is 0. The van der Waals surface area contributed by atoms with Crippen LogP contribution in [0.2, 0.25) is 0 Å². The maximum absolute atomic E-state index is 2.43. The molecule has 0 aliphatic heterocycles. The van der Waals surface area contributed by atoms with Crippen molar-refractivity contribution in [2.24, 2.45) is 0 Å². The van der Waals surface area contributed by atoms with E-state index in [1.54, 1.807) is 0 Å². The van der Waals surface area contributed by atoms with Crippen LogP contribution in [0.3, 0.4) is 0 Å². The number of nitrogens with zero attached hydrogens (tertiary/aromatic N) is 1. The first-order chi connectivity index (χ1) is 27.3.